The van der Waals surface area contributed by atoms with Crippen molar-refractivity contribution in [2.75, 3.05) is 0 Å². The summed E-state index contributed by atoms with van der Waals surface area (Å²) in [7, 11) is 0. The van der Waals surface area contributed by atoms with Crippen LogP contribution in [0, 0.1) is 108 Å². The predicted molar refractivity (Wildman–Crippen MR) is 48.6 cm³/mol. The third-order valence-corrected chi connectivity index (χ3v) is 0. The van der Waals surface area contributed by atoms with E-state index < -0.39 is 25.4 Å². The molecule has 2 N–H and O–H groups in total. The van der Waals surface area contributed by atoms with Crippen molar-refractivity contribution in [2.45, 2.75) is 0 Å². The monoisotopic (exact) mass is 452 g/mol. The second-order valence-electron chi connectivity index (χ2n) is 1.15. The van der Waals surface area contributed by atoms with Crippen LogP contribution < -0.4 is 0 Å². The summed E-state index contributed by atoms with van der Waals surface area (Å²) in [4.78, 5) is 41.5. The van der Waals surface area contributed by atoms with Gasteiger partial charge in [-0.3, -0.25) is 0 Å². The minimum absolute atomic E-state index is 0. The summed E-state index contributed by atoms with van der Waals surface area (Å²) < 4.78 is 0. The van der Waals surface area contributed by atoms with Gasteiger partial charge in [0.1, 0.15) is 0 Å². The largest absolute Gasteiger partial charge is 3.00 e. The van der Waals surface area contributed by atoms with Gasteiger partial charge in [0.25, 0.3) is 10.2 Å². The molecule has 0 aromatic heterocycles. The minimum Gasteiger partial charge on any atom is -0.356 e. The summed E-state index contributed by atoms with van der Waals surface area (Å²) in [6.45, 7) is 0. The van der Waals surface area contributed by atoms with Gasteiger partial charge in [-0.05, 0) is 0 Å². The molecule has 0 spiro atoms. The van der Waals surface area contributed by atoms with E-state index in [0.29, 0.717) is 0 Å². The first kappa shape index (κ1) is 36.2. The maximum absolute atomic E-state index is 8.36. The van der Waals surface area contributed by atoms with Gasteiger partial charge >= 0.3 is 41.7 Å². The molecule has 0 unspecified atom stereocenters. The zero-order chi connectivity index (χ0) is 17.9. The quantitative estimate of drug-likeness (QED) is 0.314. The summed E-state index contributed by atoms with van der Waals surface area (Å²) in [5, 5.41) is 71.5. The molecule has 0 heterocycles. The molecule has 1 radical (unpaired) electrons. The summed E-state index contributed by atoms with van der Waals surface area (Å²) in [6.07, 6.45) is 0. The maximum Gasteiger partial charge on any atom is 3.00 e. The van der Waals surface area contributed by atoms with Crippen molar-refractivity contribution < 1.29 is 77.6 Å². The molecule has 0 fully saturated rings. The van der Waals surface area contributed by atoms with Crippen molar-refractivity contribution in [3.8, 4) is 0 Å². The van der Waals surface area contributed by atoms with E-state index in [0.717, 1.165) is 0 Å². The topological polar surface area (TPSA) is 325 Å². The molecule has 21 heavy (non-hydrogen) atoms. The SMILES string of the molecule is O=[N+]([O-])O.O=[N+]([O-])O.O=[N+]([O-])[O-].O=[N+]([O-])[O-].O=[N+]([O-])[O-].[Ce+3]. The third kappa shape index (κ3) is 597. The Morgan fingerprint density at radius 1 is 0.476 bits per heavy atom. The maximum atomic E-state index is 8.36. The standard InChI is InChI=1S/Ce.2HNO3.3NO3/c;5*2-1(3)4/h;2*(H,2,3,4);;;/q+3;;;3*-1. The zero-order valence-corrected chi connectivity index (χ0v) is 12.1. The van der Waals surface area contributed by atoms with E-state index in [1.165, 1.54) is 0 Å². The van der Waals surface area contributed by atoms with Gasteiger partial charge in [-0.1, -0.05) is 0 Å². The first-order chi connectivity index (χ1) is 8.66. The van der Waals surface area contributed by atoms with Crippen molar-refractivity contribution in [2.24, 2.45) is 0 Å². The fourth-order valence-corrected chi connectivity index (χ4v) is 0. The molecular formula is H2CeN5O15. The molecule has 0 aliphatic heterocycles. The van der Waals surface area contributed by atoms with Crippen LogP contribution in [0.1, 0.15) is 0 Å². The van der Waals surface area contributed by atoms with E-state index >= 15 is 0 Å². The van der Waals surface area contributed by atoms with Crippen LogP contribution in [0.2, 0.25) is 0 Å². The van der Waals surface area contributed by atoms with E-state index in [9.17, 15) is 0 Å². The zero-order valence-electron chi connectivity index (χ0n) is 8.94. The van der Waals surface area contributed by atoms with E-state index in [1.54, 1.807) is 0 Å². The van der Waals surface area contributed by atoms with Gasteiger partial charge in [0, 0.05) is 0 Å². The molecule has 121 valence electrons. The fourth-order valence-electron chi connectivity index (χ4n) is 0. The molecular weight excluding hydrogens is 450 g/mol. The Morgan fingerprint density at radius 3 is 0.476 bits per heavy atom. The Kier molecular flexibility index (Phi) is 52.5. The van der Waals surface area contributed by atoms with Gasteiger partial charge in [0.15, 0.2) is 0 Å². The van der Waals surface area contributed by atoms with Crippen molar-refractivity contribution in [3.05, 3.63) is 66.2 Å². The van der Waals surface area contributed by atoms with Crippen LogP contribution >= 0.6 is 0 Å². The first-order valence-electron chi connectivity index (χ1n) is 2.77. The van der Waals surface area contributed by atoms with Crippen LogP contribution in [0.4, 0.5) is 0 Å². The number of hydrogen-bond acceptors (Lipinski definition) is 13. The Bertz CT molecular complexity index is 207. The van der Waals surface area contributed by atoms with E-state index in [-0.39, 0.29) is 41.7 Å². The fraction of sp³-hybridized carbons (Fsp3) is 0. The first-order valence-corrected chi connectivity index (χ1v) is 2.77. The Hall–Kier alpha value is -2.62. The van der Waals surface area contributed by atoms with Crippen LogP contribution in [0.15, 0.2) is 0 Å². The average molecular weight is 452 g/mol. The molecule has 0 aromatic carbocycles. The number of rotatable bonds is 0. The number of hydrogen-bond donors (Lipinski definition) is 2. The minimum atomic E-state index is -1.75. The molecule has 0 amide bonds. The van der Waals surface area contributed by atoms with Gasteiger partial charge in [-0.2, -0.15) is 0 Å². The van der Waals surface area contributed by atoms with Crippen LogP contribution in [-0.4, -0.2) is 35.8 Å². The molecule has 0 bridgehead atoms. The Labute approximate surface area is 143 Å². The second-order valence-corrected chi connectivity index (χ2v) is 1.15. The predicted octanol–water partition coefficient (Wildman–Crippen LogP) is -1.41. The normalized spacial score (nSPS) is 5.71. The molecule has 0 saturated heterocycles. The second kappa shape index (κ2) is 30.4. The summed E-state index contributed by atoms with van der Waals surface area (Å²) in [6, 6.07) is 0. The van der Waals surface area contributed by atoms with Crippen molar-refractivity contribution in [1.29, 1.82) is 0 Å². The van der Waals surface area contributed by atoms with Crippen LogP contribution in [0.25, 0.3) is 0 Å². The van der Waals surface area contributed by atoms with E-state index in [2.05, 4.69) is 0 Å². The van der Waals surface area contributed by atoms with Gasteiger partial charge < -0.3 is 56.4 Å². The number of nitrogens with zero attached hydrogens (tertiary/aromatic N) is 5. The molecule has 21 heteroatoms. The van der Waals surface area contributed by atoms with Gasteiger partial charge in [-0.25, -0.2) is 0 Å². The van der Waals surface area contributed by atoms with E-state index in [1.807, 2.05) is 0 Å². The molecule has 20 nitrogen and oxygen atoms in total. The van der Waals surface area contributed by atoms with Crippen LogP contribution in [-0.2, 0) is 0 Å². The van der Waals surface area contributed by atoms with Gasteiger partial charge in [0.2, 0.25) is 0 Å². The van der Waals surface area contributed by atoms with Crippen LogP contribution in [0.5, 0.6) is 0 Å². The Morgan fingerprint density at radius 2 is 0.476 bits per heavy atom. The van der Waals surface area contributed by atoms with Gasteiger partial charge in [0.05, 0.1) is 15.3 Å². The summed E-state index contributed by atoms with van der Waals surface area (Å²) >= 11 is 0. The molecule has 0 saturated carbocycles. The molecule has 0 rings (SSSR count). The van der Waals surface area contributed by atoms with Crippen molar-refractivity contribution >= 4 is 0 Å². The molecule has 0 aliphatic carbocycles. The molecule has 0 aliphatic rings. The molecule has 0 aromatic rings. The van der Waals surface area contributed by atoms with Crippen LogP contribution in [0.3, 0.4) is 0 Å². The third-order valence-electron chi connectivity index (χ3n) is 0. The Balaban J connectivity index is -0.0000000331. The molecule has 0 atom stereocenters. The summed E-state index contributed by atoms with van der Waals surface area (Å²) in [5.41, 5.74) is 0. The average Bonchev–Trinajstić information content (AvgIpc) is 1.94. The van der Waals surface area contributed by atoms with Crippen molar-refractivity contribution in [1.82, 2.24) is 0 Å². The van der Waals surface area contributed by atoms with E-state index in [4.69, 9.17) is 76.6 Å². The smallest absolute Gasteiger partial charge is 0.356 e. The summed E-state index contributed by atoms with van der Waals surface area (Å²) in [5.74, 6) is 0. The van der Waals surface area contributed by atoms with Crippen molar-refractivity contribution in [3.63, 3.8) is 0 Å². The van der Waals surface area contributed by atoms with Gasteiger partial charge in [-0.15, -0.1) is 20.2 Å².